The van der Waals surface area contributed by atoms with Gasteiger partial charge in [0.1, 0.15) is 0 Å². The van der Waals surface area contributed by atoms with Crippen LogP contribution < -0.4 is 0 Å². The van der Waals surface area contributed by atoms with Gasteiger partial charge in [-0.25, -0.2) is 0 Å². The Labute approximate surface area is 704 Å². The first-order valence-electron chi connectivity index (χ1n) is 44.3. The molecule has 0 radical (unpaired) electrons. The van der Waals surface area contributed by atoms with Gasteiger partial charge in [0.05, 0.1) is 12.2 Å². The van der Waals surface area contributed by atoms with Gasteiger partial charge >= 0.3 is 0 Å². The molecule has 12 nitrogen and oxygen atoms in total. The molecule has 1 aliphatic rings. The van der Waals surface area contributed by atoms with E-state index in [1.54, 1.807) is 56.9 Å². The van der Waals surface area contributed by atoms with E-state index in [1.165, 1.54) is 96.3 Å². The van der Waals surface area contributed by atoms with Crippen molar-refractivity contribution in [1.82, 2.24) is 0 Å². The van der Waals surface area contributed by atoms with Crippen LogP contribution in [0.2, 0.25) is 0 Å². The number of hydrogen-bond acceptors (Lipinski definition) is 12. The molecule has 0 aromatic heterocycles. The smallest absolute Gasteiger partial charge is 0.0543 e. The molecule has 1 unspecified atom stereocenters. The molecule has 111 heavy (non-hydrogen) atoms. The van der Waals surface area contributed by atoms with Crippen molar-refractivity contribution in [2.24, 2.45) is 70.9 Å². The molecule has 0 amide bonds. The van der Waals surface area contributed by atoms with Crippen LogP contribution >= 0.6 is 0 Å². The van der Waals surface area contributed by atoms with Gasteiger partial charge in [0.15, 0.2) is 0 Å². The van der Waals surface area contributed by atoms with E-state index in [0.29, 0.717) is 77.2 Å². The van der Waals surface area contributed by atoms with E-state index < -0.39 is 0 Å². The third kappa shape index (κ3) is 205. The Morgan fingerprint density at radius 3 is 0.631 bits per heavy atom. The van der Waals surface area contributed by atoms with E-state index >= 15 is 0 Å². The van der Waals surface area contributed by atoms with E-state index in [9.17, 15) is 0 Å². The fourth-order valence-corrected chi connectivity index (χ4v) is 7.84. The number of hydrogen-bond donors (Lipinski definition) is 0. The van der Waals surface area contributed by atoms with Gasteiger partial charge < -0.3 is 56.8 Å². The molecule has 0 aromatic rings. The lowest BCUT2D eigenvalue weighted by Gasteiger charge is -2.19. The molecule has 0 heterocycles. The third-order valence-corrected chi connectivity index (χ3v) is 16.2. The average molecular weight is 1600 g/mol. The second-order valence-electron chi connectivity index (χ2n) is 45.5. The predicted octanol–water partition coefficient (Wildman–Crippen LogP) is 30.3. The van der Waals surface area contributed by atoms with E-state index in [2.05, 4.69) is 270 Å². The number of ether oxygens (including phenoxy) is 12. The summed E-state index contributed by atoms with van der Waals surface area (Å²) in [5.74, 6) is 0.912. The maximum absolute atomic E-state index is 5.53. The molecule has 0 aromatic carbocycles. The molecule has 0 N–H and O–H groups in total. The summed E-state index contributed by atoms with van der Waals surface area (Å²) >= 11 is 0. The summed E-state index contributed by atoms with van der Waals surface area (Å²) in [7, 11) is 14.0. The van der Waals surface area contributed by atoms with Crippen molar-refractivity contribution in [1.29, 1.82) is 0 Å². The molecular formula is C99H220O12. The maximum atomic E-state index is 5.53. The Bertz CT molecular complexity index is 1580. The van der Waals surface area contributed by atoms with Gasteiger partial charge in [0.25, 0.3) is 0 Å². The van der Waals surface area contributed by atoms with Crippen molar-refractivity contribution in [3.63, 3.8) is 0 Å². The molecule has 1 fully saturated rings. The van der Waals surface area contributed by atoms with E-state index in [1.807, 2.05) is 13.8 Å². The largest absolute Gasteiger partial charge is 0.385 e. The van der Waals surface area contributed by atoms with Gasteiger partial charge in [0, 0.05) is 149 Å². The monoisotopic (exact) mass is 1600 g/mol. The molecule has 0 aliphatic heterocycles. The van der Waals surface area contributed by atoms with Crippen LogP contribution in [0, 0.1) is 70.9 Å². The normalized spacial score (nSPS) is 13.0. The topological polar surface area (TPSA) is 111 Å². The second-order valence-corrected chi connectivity index (χ2v) is 45.5. The van der Waals surface area contributed by atoms with Crippen LogP contribution in [-0.2, 0) is 56.8 Å². The highest BCUT2D eigenvalue weighted by molar-refractivity contribution is 4.73. The van der Waals surface area contributed by atoms with Crippen LogP contribution in [0.25, 0.3) is 0 Å². The van der Waals surface area contributed by atoms with Crippen LogP contribution in [-0.4, -0.2) is 162 Å². The molecule has 1 atom stereocenters. The molecule has 1 saturated carbocycles. The molecule has 0 bridgehead atoms. The maximum Gasteiger partial charge on any atom is 0.0543 e. The van der Waals surface area contributed by atoms with E-state index in [0.717, 1.165) is 137 Å². The van der Waals surface area contributed by atoms with Crippen LogP contribution in [0.1, 0.15) is 419 Å². The van der Waals surface area contributed by atoms with Gasteiger partial charge in [-0.05, 0) is 228 Å². The van der Waals surface area contributed by atoms with Crippen LogP contribution in [0.5, 0.6) is 0 Å². The predicted molar refractivity (Wildman–Crippen MR) is 498 cm³/mol. The average Bonchev–Trinajstić information content (AvgIpc) is 1.81. The van der Waals surface area contributed by atoms with Crippen molar-refractivity contribution in [2.75, 3.05) is 149 Å². The van der Waals surface area contributed by atoms with Crippen LogP contribution in [0.4, 0.5) is 0 Å². The van der Waals surface area contributed by atoms with Gasteiger partial charge in [-0.3, -0.25) is 0 Å². The Morgan fingerprint density at radius 1 is 0.234 bits per heavy atom. The van der Waals surface area contributed by atoms with Gasteiger partial charge in [-0.15, -0.1) is 0 Å². The summed E-state index contributed by atoms with van der Waals surface area (Å²) in [6.45, 7) is 104. The first kappa shape index (κ1) is 134. The SMILES string of the molecule is CC(C)(C)CCOCC1CC1.CC(C)OCCC(C)(C)C.CCOCCC(C)(C)C.CCOCCC(C)(C)C.COC(C)CCC(C)(C)C.COCCC(C)(C)C.COCCC(C)(C)C.COCCC(C)(C)C.COCCCC(C)(C)C.COCCCC(C)(C)C.COCCCCC(C)(C)C.COCCCCC(C)(C)C. The lowest BCUT2D eigenvalue weighted by atomic mass is 9.89. The lowest BCUT2D eigenvalue weighted by Crippen LogP contribution is -2.12. The minimum atomic E-state index is 0.377. The molecule has 0 saturated heterocycles. The zero-order valence-electron chi connectivity index (χ0n) is 86.4. The minimum absolute atomic E-state index is 0.377. The summed E-state index contributed by atoms with van der Waals surface area (Å²) < 4.78 is 61.1. The Balaban J connectivity index is -0.000000109. The summed E-state index contributed by atoms with van der Waals surface area (Å²) in [4.78, 5) is 0. The fourth-order valence-electron chi connectivity index (χ4n) is 7.84. The lowest BCUT2D eigenvalue weighted by molar-refractivity contribution is 0.0604. The molecule has 12 heteroatoms. The molecular weight excluding hydrogens is 1380 g/mol. The van der Waals surface area contributed by atoms with Gasteiger partial charge in [0.2, 0.25) is 0 Å². The zero-order valence-corrected chi connectivity index (χ0v) is 86.4. The van der Waals surface area contributed by atoms with Crippen LogP contribution in [0.15, 0.2) is 0 Å². The van der Waals surface area contributed by atoms with Crippen molar-refractivity contribution in [3.8, 4) is 0 Å². The highest BCUT2D eigenvalue weighted by atomic mass is 16.5. The number of unbranched alkanes of at least 4 members (excludes halogenated alkanes) is 2. The molecule has 688 valence electrons. The highest BCUT2D eigenvalue weighted by Gasteiger charge is 2.22. The van der Waals surface area contributed by atoms with Crippen LogP contribution in [0.3, 0.4) is 0 Å². The first-order valence-corrected chi connectivity index (χ1v) is 44.3. The second kappa shape index (κ2) is 79.3. The van der Waals surface area contributed by atoms with Gasteiger partial charge in [-0.1, -0.05) is 262 Å². The van der Waals surface area contributed by atoms with Crippen molar-refractivity contribution in [2.45, 2.75) is 431 Å². The van der Waals surface area contributed by atoms with Crippen molar-refractivity contribution >= 4 is 0 Å². The highest BCUT2D eigenvalue weighted by Crippen LogP contribution is 2.30. The summed E-state index contributed by atoms with van der Waals surface area (Å²) in [5.41, 5.74) is 5.36. The Hall–Kier alpha value is -0.480. The standard InChI is InChI=1S/C10H20O.4C9H20O.4C8H18O.3C7H16O/c1-10(2,3)6-7-11-8-9-4-5-9;1-8(10-5)6-7-9(2,3)4;1-8(2)10-7-6-9(3,4)5;2*1-9(2,3)7-5-6-8-10-4;2*1-8(2,3)6-5-7-9-4;2*1-5-9-7-6-8(2,3)4;3*1-7(2,3)5-6-8-4/h9H,4-8H2,1-3H3;2*8H,6-7H2,1-5H3;2*5-8H2,1-4H3;4*5-7H2,1-4H3;3*5-6H2,1-4H3. The molecule has 1 aliphatic carbocycles. The summed E-state index contributed by atoms with van der Waals surface area (Å²) in [5, 5.41) is 0. The van der Waals surface area contributed by atoms with Crippen molar-refractivity contribution < 1.29 is 56.8 Å². The van der Waals surface area contributed by atoms with E-state index in [4.69, 9.17) is 56.8 Å². The summed E-state index contributed by atoms with van der Waals surface area (Å²) in [6.07, 6.45) is 26.5. The number of rotatable bonds is 36. The number of methoxy groups -OCH3 is 8. The van der Waals surface area contributed by atoms with Gasteiger partial charge in [-0.2, -0.15) is 0 Å². The van der Waals surface area contributed by atoms with Crippen molar-refractivity contribution in [3.05, 3.63) is 0 Å². The molecule has 0 spiro atoms. The van der Waals surface area contributed by atoms with E-state index in [-0.39, 0.29) is 0 Å². The third-order valence-electron chi connectivity index (χ3n) is 16.2. The first-order chi connectivity index (χ1) is 50.0. The fraction of sp³-hybridized carbons (Fsp3) is 1.00. The quantitative estimate of drug-likeness (QED) is 0.0557. The zero-order chi connectivity index (χ0) is 90.0. The minimum Gasteiger partial charge on any atom is -0.385 e. The Morgan fingerprint density at radius 2 is 0.441 bits per heavy atom. The Kier molecular flexibility index (Phi) is 95.6. The summed E-state index contributed by atoms with van der Waals surface area (Å²) in [6, 6.07) is 0. The molecule has 1 rings (SSSR count).